The lowest BCUT2D eigenvalue weighted by molar-refractivity contribution is 0.0970. The van der Waals surface area contributed by atoms with Crippen molar-refractivity contribution in [2.45, 2.75) is 38.1 Å². The summed E-state index contributed by atoms with van der Waals surface area (Å²) >= 11 is 0. The molecule has 2 heterocycles. The lowest BCUT2D eigenvalue weighted by Gasteiger charge is -2.36. The highest BCUT2D eigenvalue weighted by Crippen LogP contribution is 2.35. The quantitative estimate of drug-likeness (QED) is 0.553. The number of halogens is 2. The molecule has 0 saturated heterocycles. The molecule has 3 aromatic rings. The molecular formula is C25H27F2N3O2. The van der Waals surface area contributed by atoms with Gasteiger partial charge in [-0.05, 0) is 80.5 Å². The minimum absolute atomic E-state index is 0.0427. The van der Waals surface area contributed by atoms with Crippen LogP contribution in [-0.4, -0.2) is 41.5 Å². The molecule has 1 aromatic heterocycles. The van der Waals surface area contributed by atoms with E-state index in [0.29, 0.717) is 30.3 Å². The van der Waals surface area contributed by atoms with E-state index in [-0.39, 0.29) is 23.2 Å². The summed E-state index contributed by atoms with van der Waals surface area (Å²) in [6.07, 6.45) is 6.63. The van der Waals surface area contributed by atoms with Crippen LogP contribution in [0.15, 0.2) is 36.5 Å². The summed E-state index contributed by atoms with van der Waals surface area (Å²) in [6.45, 7) is 2.21. The molecule has 1 fully saturated rings. The maximum absolute atomic E-state index is 14.6. The Kier molecular flexibility index (Phi) is 5.59. The molecular weight excluding hydrogens is 412 g/mol. The van der Waals surface area contributed by atoms with Crippen LogP contribution in [0.1, 0.15) is 40.7 Å². The Bertz CT molecular complexity index is 1160. The van der Waals surface area contributed by atoms with Crippen LogP contribution >= 0.6 is 0 Å². The van der Waals surface area contributed by atoms with E-state index in [4.69, 9.17) is 10.5 Å². The zero-order valence-electron chi connectivity index (χ0n) is 17.9. The van der Waals surface area contributed by atoms with Crippen molar-refractivity contribution >= 4 is 16.8 Å². The first kappa shape index (κ1) is 20.9. The number of H-pyrrole nitrogens is 1. The standard InChI is InChI=1S/C25H27F2N3O2/c26-17-5-8-23-20(10-17)16(12-29-23)2-1-9-30(13-15-3-4-15)18-11-21-22(27)7-6-19(25(28)31)24(21)32-14-18/h5-8,10,12,15,18,29H,1-4,9,11,13-14H2,(H2,28,31). The third-order valence-electron chi connectivity index (χ3n) is 6.66. The van der Waals surface area contributed by atoms with Gasteiger partial charge in [0, 0.05) is 35.2 Å². The van der Waals surface area contributed by atoms with Crippen molar-refractivity contribution < 1.29 is 18.3 Å². The number of rotatable bonds is 8. The van der Waals surface area contributed by atoms with Gasteiger partial charge in [0.15, 0.2) is 0 Å². The second kappa shape index (κ2) is 8.54. The average molecular weight is 440 g/mol. The van der Waals surface area contributed by atoms with Gasteiger partial charge < -0.3 is 15.5 Å². The molecule has 1 amide bonds. The molecule has 5 rings (SSSR count). The molecule has 0 radical (unpaired) electrons. The number of primary amides is 1. The largest absolute Gasteiger partial charge is 0.491 e. The Labute approximate surface area is 185 Å². The maximum atomic E-state index is 14.6. The Morgan fingerprint density at radius 2 is 2.06 bits per heavy atom. The first-order valence-electron chi connectivity index (χ1n) is 11.2. The fourth-order valence-corrected chi connectivity index (χ4v) is 4.75. The molecule has 2 aliphatic rings. The van der Waals surface area contributed by atoms with Gasteiger partial charge in [-0.25, -0.2) is 8.78 Å². The van der Waals surface area contributed by atoms with Crippen LogP contribution in [0, 0.1) is 17.6 Å². The second-order valence-electron chi connectivity index (χ2n) is 8.98. The highest BCUT2D eigenvalue weighted by Gasteiger charge is 2.33. The Hall–Kier alpha value is -2.93. The molecule has 1 unspecified atom stereocenters. The third kappa shape index (κ3) is 4.21. The molecule has 168 valence electrons. The molecule has 2 aromatic carbocycles. The number of hydrogen-bond acceptors (Lipinski definition) is 3. The minimum atomic E-state index is -0.607. The van der Waals surface area contributed by atoms with Crippen LogP contribution in [0.4, 0.5) is 8.78 Å². The number of hydrogen-bond donors (Lipinski definition) is 2. The number of carbonyl (C=O) groups excluding carboxylic acids is 1. The first-order valence-corrected chi connectivity index (χ1v) is 11.2. The van der Waals surface area contributed by atoms with Gasteiger partial charge in [-0.2, -0.15) is 0 Å². The van der Waals surface area contributed by atoms with E-state index in [1.807, 2.05) is 6.20 Å². The van der Waals surface area contributed by atoms with Crippen molar-refractivity contribution in [1.82, 2.24) is 9.88 Å². The van der Waals surface area contributed by atoms with Gasteiger partial charge in [-0.15, -0.1) is 0 Å². The number of ether oxygens (including phenoxy) is 1. The monoisotopic (exact) mass is 439 g/mol. The molecule has 1 saturated carbocycles. The fourth-order valence-electron chi connectivity index (χ4n) is 4.75. The van der Waals surface area contributed by atoms with E-state index in [1.54, 1.807) is 12.1 Å². The van der Waals surface area contributed by atoms with Crippen molar-refractivity contribution in [2.24, 2.45) is 11.7 Å². The topological polar surface area (TPSA) is 71.4 Å². The number of fused-ring (bicyclic) bond motifs is 2. The smallest absolute Gasteiger partial charge is 0.252 e. The number of amides is 1. The summed E-state index contributed by atoms with van der Waals surface area (Å²) in [4.78, 5) is 17.3. The number of aryl methyl sites for hydroxylation is 1. The lowest BCUT2D eigenvalue weighted by atomic mass is 9.97. The second-order valence-corrected chi connectivity index (χ2v) is 8.98. The highest BCUT2D eigenvalue weighted by molar-refractivity contribution is 5.96. The normalized spacial score (nSPS) is 18.0. The van der Waals surface area contributed by atoms with E-state index in [2.05, 4.69) is 9.88 Å². The number of carbonyl (C=O) groups is 1. The fraction of sp³-hybridized carbons (Fsp3) is 0.400. The van der Waals surface area contributed by atoms with Crippen LogP contribution in [0.2, 0.25) is 0 Å². The Balaban J connectivity index is 1.29. The van der Waals surface area contributed by atoms with Gasteiger partial charge in [-0.3, -0.25) is 9.69 Å². The molecule has 3 N–H and O–H groups in total. The maximum Gasteiger partial charge on any atom is 0.252 e. The Morgan fingerprint density at radius 1 is 1.22 bits per heavy atom. The van der Waals surface area contributed by atoms with E-state index >= 15 is 0 Å². The van der Waals surface area contributed by atoms with E-state index < -0.39 is 5.91 Å². The van der Waals surface area contributed by atoms with Gasteiger partial charge in [0.1, 0.15) is 24.0 Å². The van der Waals surface area contributed by atoms with E-state index in [9.17, 15) is 13.6 Å². The predicted octanol–water partition coefficient (Wildman–Crippen LogP) is 4.19. The highest BCUT2D eigenvalue weighted by atomic mass is 19.1. The van der Waals surface area contributed by atoms with Gasteiger partial charge >= 0.3 is 0 Å². The molecule has 0 bridgehead atoms. The summed E-state index contributed by atoms with van der Waals surface area (Å²) in [5.74, 6) is -0.225. The average Bonchev–Trinajstić information content (AvgIpc) is 3.52. The summed E-state index contributed by atoms with van der Waals surface area (Å²) in [5, 5.41) is 0.926. The van der Waals surface area contributed by atoms with Crippen molar-refractivity contribution in [3.63, 3.8) is 0 Å². The zero-order valence-corrected chi connectivity index (χ0v) is 17.9. The van der Waals surface area contributed by atoms with Gasteiger partial charge in [0.25, 0.3) is 5.91 Å². The number of aromatic nitrogens is 1. The minimum Gasteiger partial charge on any atom is -0.491 e. The van der Waals surface area contributed by atoms with Gasteiger partial charge in [-0.1, -0.05) is 0 Å². The van der Waals surface area contributed by atoms with Crippen LogP contribution in [0.3, 0.4) is 0 Å². The van der Waals surface area contributed by atoms with Crippen molar-refractivity contribution in [1.29, 1.82) is 0 Å². The molecule has 0 spiro atoms. The predicted molar refractivity (Wildman–Crippen MR) is 119 cm³/mol. The lowest BCUT2D eigenvalue weighted by Crippen LogP contribution is -2.45. The number of aromatic amines is 1. The summed E-state index contributed by atoms with van der Waals surface area (Å²) in [6, 6.07) is 7.53. The summed E-state index contributed by atoms with van der Waals surface area (Å²) in [7, 11) is 0. The Morgan fingerprint density at radius 3 is 2.84 bits per heavy atom. The zero-order chi connectivity index (χ0) is 22.2. The van der Waals surface area contributed by atoms with E-state index in [0.717, 1.165) is 42.4 Å². The van der Waals surface area contributed by atoms with Crippen LogP contribution in [-0.2, 0) is 12.8 Å². The van der Waals surface area contributed by atoms with Crippen LogP contribution < -0.4 is 10.5 Å². The van der Waals surface area contributed by atoms with Crippen molar-refractivity contribution in [2.75, 3.05) is 19.7 Å². The van der Waals surface area contributed by atoms with Crippen molar-refractivity contribution in [3.8, 4) is 5.75 Å². The van der Waals surface area contributed by atoms with E-state index in [1.165, 1.54) is 31.0 Å². The SMILES string of the molecule is NC(=O)c1ccc(F)c2c1OCC(N(CCCc1c[nH]c3ccc(F)cc13)CC1CC1)C2. The molecule has 1 aliphatic heterocycles. The van der Waals surface area contributed by atoms with Crippen molar-refractivity contribution in [3.05, 3.63) is 64.9 Å². The first-order chi connectivity index (χ1) is 15.5. The molecule has 32 heavy (non-hydrogen) atoms. The molecule has 1 aliphatic carbocycles. The number of nitrogens with two attached hydrogens (primary N) is 1. The number of nitrogens with zero attached hydrogens (tertiary/aromatic N) is 1. The number of benzene rings is 2. The van der Waals surface area contributed by atoms with Gasteiger partial charge in [0.05, 0.1) is 5.56 Å². The summed E-state index contributed by atoms with van der Waals surface area (Å²) in [5.41, 5.74) is 8.16. The molecule has 5 nitrogen and oxygen atoms in total. The number of nitrogens with one attached hydrogen (secondary N) is 1. The summed E-state index contributed by atoms with van der Waals surface area (Å²) < 4.78 is 34.1. The van der Waals surface area contributed by atoms with Crippen LogP contribution in [0.25, 0.3) is 10.9 Å². The molecule has 1 atom stereocenters. The molecule has 7 heteroatoms. The van der Waals surface area contributed by atoms with Gasteiger partial charge in [0.2, 0.25) is 0 Å². The van der Waals surface area contributed by atoms with Crippen LogP contribution in [0.5, 0.6) is 5.75 Å². The third-order valence-corrected chi connectivity index (χ3v) is 6.66.